The minimum Gasteiger partial charge on any atom is -0.479 e. The summed E-state index contributed by atoms with van der Waals surface area (Å²) < 4.78 is 5.14. The Kier molecular flexibility index (Phi) is 3.24. The van der Waals surface area contributed by atoms with Gasteiger partial charge in [-0.05, 0) is 37.1 Å². The second-order valence-corrected chi connectivity index (χ2v) is 3.04. The van der Waals surface area contributed by atoms with Crippen LogP contribution in [0.15, 0.2) is 12.1 Å². The molecule has 1 rings (SSSR count). The summed E-state index contributed by atoms with van der Waals surface area (Å²) in [4.78, 5) is 10.7. The molecule has 1 aromatic carbocycles. The van der Waals surface area contributed by atoms with Crippen LogP contribution >= 0.6 is 0 Å². The van der Waals surface area contributed by atoms with Gasteiger partial charge in [-0.25, -0.2) is 0 Å². The van der Waals surface area contributed by atoms with Crippen molar-refractivity contribution in [3.63, 3.8) is 0 Å². The molecule has 0 aliphatic heterocycles. The number of aldehydes is 1. The average Bonchev–Trinajstić information content (AvgIpc) is 2.14. The van der Waals surface area contributed by atoms with Crippen LogP contribution in [0.5, 0.6) is 5.75 Å². The van der Waals surface area contributed by atoms with Gasteiger partial charge in [0.05, 0.1) is 0 Å². The van der Waals surface area contributed by atoms with Crippen LogP contribution in [0.25, 0.3) is 0 Å². The first-order valence-electron chi connectivity index (χ1n) is 4.25. The molecule has 0 bridgehead atoms. The molecule has 3 heteroatoms. The molecule has 0 N–H and O–H groups in total. The van der Waals surface area contributed by atoms with E-state index in [9.17, 15) is 4.79 Å². The third kappa shape index (κ3) is 2.11. The Bertz CT molecular complexity index is 368. The summed E-state index contributed by atoms with van der Waals surface area (Å²) >= 11 is 0. The molecular formula is C11H11NO2. The Morgan fingerprint density at radius 3 is 2.43 bits per heavy atom. The molecule has 0 saturated heterocycles. The number of carbonyl (C=O) groups excluding carboxylic acids is 1. The van der Waals surface area contributed by atoms with E-state index in [1.54, 1.807) is 12.1 Å². The molecule has 0 aromatic heterocycles. The molecule has 0 fully saturated rings. The molecule has 14 heavy (non-hydrogen) atoms. The van der Waals surface area contributed by atoms with E-state index in [-0.39, 0.29) is 6.61 Å². The van der Waals surface area contributed by atoms with Crippen LogP contribution in [0.4, 0.5) is 0 Å². The summed E-state index contributed by atoms with van der Waals surface area (Å²) in [7, 11) is 0. The topological polar surface area (TPSA) is 50.1 Å². The largest absolute Gasteiger partial charge is 0.479 e. The van der Waals surface area contributed by atoms with Gasteiger partial charge in [-0.15, -0.1) is 0 Å². The SMILES string of the molecule is Cc1cc(OCC#N)cc(C)c1C=O. The molecule has 0 amide bonds. The second kappa shape index (κ2) is 4.43. The maximum absolute atomic E-state index is 10.7. The number of nitrogens with zero attached hydrogens (tertiary/aromatic N) is 1. The maximum Gasteiger partial charge on any atom is 0.174 e. The zero-order valence-electron chi connectivity index (χ0n) is 8.20. The number of aryl methyl sites for hydroxylation is 2. The molecule has 0 unspecified atom stereocenters. The van der Waals surface area contributed by atoms with Crippen LogP contribution in [0.1, 0.15) is 21.5 Å². The Hall–Kier alpha value is -1.82. The zero-order chi connectivity index (χ0) is 10.6. The molecule has 0 saturated carbocycles. The standard InChI is InChI=1S/C11H11NO2/c1-8-5-10(14-4-3-12)6-9(2)11(8)7-13/h5-7H,4H2,1-2H3. The highest BCUT2D eigenvalue weighted by Gasteiger charge is 2.04. The van der Waals surface area contributed by atoms with E-state index in [0.29, 0.717) is 11.3 Å². The van der Waals surface area contributed by atoms with Crippen molar-refractivity contribution in [2.24, 2.45) is 0 Å². The lowest BCUT2D eigenvalue weighted by atomic mass is 10.0. The van der Waals surface area contributed by atoms with Gasteiger partial charge in [0, 0.05) is 5.56 Å². The highest BCUT2D eigenvalue weighted by atomic mass is 16.5. The highest BCUT2D eigenvalue weighted by molar-refractivity contribution is 5.80. The summed E-state index contributed by atoms with van der Waals surface area (Å²) in [5.41, 5.74) is 2.43. The predicted octanol–water partition coefficient (Wildman–Crippen LogP) is 2.02. The van der Waals surface area contributed by atoms with E-state index in [1.807, 2.05) is 19.9 Å². The second-order valence-electron chi connectivity index (χ2n) is 3.04. The van der Waals surface area contributed by atoms with Gasteiger partial charge in [0.25, 0.3) is 0 Å². The number of hydrogen-bond acceptors (Lipinski definition) is 3. The van der Waals surface area contributed by atoms with Crippen molar-refractivity contribution in [3.8, 4) is 11.8 Å². The number of benzene rings is 1. The lowest BCUT2D eigenvalue weighted by Crippen LogP contribution is -1.97. The van der Waals surface area contributed by atoms with Crippen LogP contribution in [-0.4, -0.2) is 12.9 Å². The van der Waals surface area contributed by atoms with E-state index in [2.05, 4.69) is 0 Å². The van der Waals surface area contributed by atoms with E-state index >= 15 is 0 Å². The Labute approximate surface area is 82.9 Å². The number of ether oxygens (including phenoxy) is 1. The molecule has 0 aliphatic carbocycles. The minimum atomic E-state index is 0.0271. The molecular weight excluding hydrogens is 178 g/mol. The Balaban J connectivity index is 3.02. The fourth-order valence-electron chi connectivity index (χ4n) is 1.32. The van der Waals surface area contributed by atoms with Crippen molar-refractivity contribution in [3.05, 3.63) is 28.8 Å². The molecule has 0 heterocycles. The summed E-state index contributed by atoms with van der Waals surface area (Å²) in [5.74, 6) is 0.632. The van der Waals surface area contributed by atoms with Crippen LogP contribution in [0.2, 0.25) is 0 Å². The number of rotatable bonds is 3. The number of nitriles is 1. The van der Waals surface area contributed by atoms with Gasteiger partial charge in [-0.3, -0.25) is 4.79 Å². The molecule has 0 radical (unpaired) electrons. The summed E-state index contributed by atoms with van der Waals surface area (Å²) in [6.07, 6.45) is 0.832. The molecule has 0 aliphatic rings. The van der Waals surface area contributed by atoms with Gasteiger partial charge in [-0.2, -0.15) is 5.26 Å². The number of carbonyl (C=O) groups is 1. The predicted molar refractivity (Wildman–Crippen MR) is 52.4 cm³/mol. The van der Waals surface area contributed by atoms with E-state index in [4.69, 9.17) is 10.00 Å². The third-order valence-electron chi connectivity index (χ3n) is 1.99. The number of hydrogen-bond donors (Lipinski definition) is 0. The smallest absolute Gasteiger partial charge is 0.174 e. The van der Waals surface area contributed by atoms with Gasteiger partial charge in [0.1, 0.15) is 11.8 Å². The van der Waals surface area contributed by atoms with Crippen molar-refractivity contribution in [1.29, 1.82) is 5.26 Å². The van der Waals surface area contributed by atoms with Crippen LogP contribution in [0, 0.1) is 25.2 Å². The fraction of sp³-hybridized carbons (Fsp3) is 0.273. The quantitative estimate of drug-likeness (QED) is 0.683. The van der Waals surface area contributed by atoms with Crippen molar-refractivity contribution in [2.45, 2.75) is 13.8 Å². The Morgan fingerprint density at radius 1 is 1.43 bits per heavy atom. The molecule has 1 aromatic rings. The van der Waals surface area contributed by atoms with Gasteiger partial charge < -0.3 is 4.74 Å². The zero-order valence-corrected chi connectivity index (χ0v) is 8.20. The van der Waals surface area contributed by atoms with Crippen LogP contribution in [0.3, 0.4) is 0 Å². The van der Waals surface area contributed by atoms with Crippen LogP contribution in [-0.2, 0) is 0 Å². The third-order valence-corrected chi connectivity index (χ3v) is 1.99. The van der Waals surface area contributed by atoms with Crippen molar-refractivity contribution >= 4 is 6.29 Å². The minimum absolute atomic E-state index is 0.0271. The van der Waals surface area contributed by atoms with Gasteiger partial charge in [0.2, 0.25) is 0 Å². The first-order chi connectivity index (χ1) is 6.69. The van der Waals surface area contributed by atoms with Crippen molar-refractivity contribution < 1.29 is 9.53 Å². The van der Waals surface area contributed by atoms with Gasteiger partial charge in [0.15, 0.2) is 12.9 Å². The van der Waals surface area contributed by atoms with Crippen molar-refractivity contribution in [2.75, 3.05) is 6.61 Å². The van der Waals surface area contributed by atoms with Gasteiger partial charge in [-0.1, -0.05) is 0 Å². The molecule has 0 spiro atoms. The summed E-state index contributed by atoms with van der Waals surface area (Å²) in [6.45, 7) is 3.71. The maximum atomic E-state index is 10.7. The van der Waals surface area contributed by atoms with E-state index in [0.717, 1.165) is 17.4 Å². The van der Waals surface area contributed by atoms with E-state index < -0.39 is 0 Å². The lowest BCUT2D eigenvalue weighted by Gasteiger charge is -2.07. The molecule has 3 nitrogen and oxygen atoms in total. The first kappa shape index (κ1) is 10.3. The molecule has 72 valence electrons. The van der Waals surface area contributed by atoms with Crippen LogP contribution < -0.4 is 4.74 Å². The first-order valence-corrected chi connectivity index (χ1v) is 4.25. The normalized spacial score (nSPS) is 9.21. The lowest BCUT2D eigenvalue weighted by molar-refractivity contribution is 0.112. The molecule has 0 atom stereocenters. The van der Waals surface area contributed by atoms with Gasteiger partial charge >= 0.3 is 0 Å². The highest BCUT2D eigenvalue weighted by Crippen LogP contribution is 2.20. The Morgan fingerprint density at radius 2 is 2.00 bits per heavy atom. The average molecular weight is 189 g/mol. The monoisotopic (exact) mass is 189 g/mol. The summed E-state index contributed by atoms with van der Waals surface area (Å²) in [5, 5.41) is 8.34. The van der Waals surface area contributed by atoms with Crippen molar-refractivity contribution in [1.82, 2.24) is 0 Å². The summed E-state index contributed by atoms with van der Waals surface area (Å²) in [6, 6.07) is 5.41. The fourth-order valence-corrected chi connectivity index (χ4v) is 1.32. The van der Waals surface area contributed by atoms with E-state index in [1.165, 1.54) is 0 Å².